The Bertz CT molecular complexity index is 1030. The highest BCUT2D eigenvalue weighted by Gasteiger charge is 2.30. The third-order valence-electron chi connectivity index (χ3n) is 4.46. The highest BCUT2D eigenvalue weighted by atomic mass is 32.2. The number of ether oxygens (including phenoxy) is 1. The number of para-hydroxylation sites is 1. The van der Waals surface area contributed by atoms with Crippen LogP contribution in [-0.4, -0.2) is 39.5 Å². The zero-order valence-electron chi connectivity index (χ0n) is 15.9. The Kier molecular flexibility index (Phi) is 5.62. The number of rotatable bonds is 7. The molecule has 1 amide bonds. The molecule has 3 aromatic rings. The first kappa shape index (κ1) is 19.2. The number of thioether (sulfide) groups is 1. The Morgan fingerprint density at radius 1 is 1.17 bits per heavy atom. The molecule has 7 nitrogen and oxygen atoms in total. The van der Waals surface area contributed by atoms with Crippen molar-refractivity contribution < 1.29 is 14.3 Å². The molecule has 0 radical (unpaired) electrons. The molecule has 0 saturated heterocycles. The molecule has 1 aromatic heterocycles. The van der Waals surface area contributed by atoms with Crippen molar-refractivity contribution in [2.24, 2.45) is 0 Å². The fourth-order valence-electron chi connectivity index (χ4n) is 2.90. The second-order valence-electron chi connectivity index (χ2n) is 6.68. The zero-order valence-corrected chi connectivity index (χ0v) is 16.7. The number of hydrogen-bond acceptors (Lipinski definition) is 6. The second kappa shape index (κ2) is 8.48. The van der Waals surface area contributed by atoms with E-state index in [9.17, 15) is 9.59 Å². The number of hydrogen-bond donors (Lipinski definition) is 1. The number of nitrogens with zero attached hydrogens (tertiary/aromatic N) is 3. The topological polar surface area (TPSA) is 86.1 Å². The van der Waals surface area contributed by atoms with Gasteiger partial charge < -0.3 is 10.1 Å². The van der Waals surface area contributed by atoms with Crippen LogP contribution >= 0.6 is 11.8 Å². The summed E-state index contributed by atoms with van der Waals surface area (Å²) in [7, 11) is 1.32. The first-order valence-corrected chi connectivity index (χ1v) is 10.3. The van der Waals surface area contributed by atoms with Crippen LogP contribution in [0.3, 0.4) is 0 Å². The zero-order chi connectivity index (χ0) is 20.2. The molecule has 1 N–H and O–H groups in total. The number of anilines is 1. The number of benzene rings is 2. The van der Waals surface area contributed by atoms with Gasteiger partial charge in [0, 0.05) is 11.6 Å². The lowest BCUT2D eigenvalue weighted by Crippen LogP contribution is -2.14. The first-order valence-electron chi connectivity index (χ1n) is 9.27. The number of carbonyl (C=O) groups is 2. The van der Waals surface area contributed by atoms with Crippen molar-refractivity contribution in [3.05, 3.63) is 66.0 Å². The summed E-state index contributed by atoms with van der Waals surface area (Å²) in [4.78, 5) is 28.6. The van der Waals surface area contributed by atoms with Crippen LogP contribution in [0, 0.1) is 0 Å². The number of carbonyl (C=O) groups excluding carboxylic acids is 2. The molecule has 1 saturated carbocycles. The van der Waals surface area contributed by atoms with Gasteiger partial charge in [-0.1, -0.05) is 36.0 Å². The van der Waals surface area contributed by atoms with Crippen LogP contribution in [0.2, 0.25) is 0 Å². The van der Waals surface area contributed by atoms with E-state index in [0.717, 1.165) is 24.4 Å². The minimum Gasteiger partial charge on any atom is -0.465 e. The highest BCUT2D eigenvalue weighted by molar-refractivity contribution is 7.99. The number of esters is 1. The smallest absolute Gasteiger partial charge is 0.337 e. The van der Waals surface area contributed by atoms with Crippen molar-refractivity contribution >= 4 is 29.3 Å². The van der Waals surface area contributed by atoms with Crippen LogP contribution in [0.15, 0.2) is 59.8 Å². The molecule has 0 unspecified atom stereocenters. The molecule has 0 aliphatic heterocycles. The summed E-state index contributed by atoms with van der Waals surface area (Å²) in [5.41, 5.74) is 1.90. The molecule has 1 aliphatic rings. The maximum atomic E-state index is 12.3. The normalized spacial score (nSPS) is 13.1. The minimum absolute atomic E-state index is 0.172. The van der Waals surface area contributed by atoms with E-state index in [-0.39, 0.29) is 11.7 Å². The molecular weight excluding hydrogens is 388 g/mol. The fourth-order valence-corrected chi connectivity index (χ4v) is 3.53. The van der Waals surface area contributed by atoms with Crippen molar-refractivity contribution in [2.75, 3.05) is 18.2 Å². The summed E-state index contributed by atoms with van der Waals surface area (Å²) in [5, 5.41) is 7.96. The minimum atomic E-state index is -0.446. The molecule has 29 heavy (non-hydrogen) atoms. The highest BCUT2D eigenvalue weighted by Crippen LogP contribution is 2.40. The van der Waals surface area contributed by atoms with Gasteiger partial charge in [-0.3, -0.25) is 4.79 Å². The molecule has 0 atom stereocenters. The average molecular weight is 408 g/mol. The first-order chi connectivity index (χ1) is 14.1. The Morgan fingerprint density at radius 2 is 1.97 bits per heavy atom. The van der Waals surface area contributed by atoms with Crippen LogP contribution < -0.4 is 5.32 Å². The average Bonchev–Trinajstić information content (AvgIpc) is 3.51. The van der Waals surface area contributed by atoms with Gasteiger partial charge in [0.25, 0.3) is 0 Å². The predicted octanol–water partition coefficient (Wildman–Crippen LogP) is 3.66. The molecule has 1 fully saturated rings. The van der Waals surface area contributed by atoms with Gasteiger partial charge >= 0.3 is 5.97 Å². The SMILES string of the molecule is COC(=O)c1cccc(NC(=O)CSc2nc(C3CC3)n(-c3ccccc3)n2)c1. The van der Waals surface area contributed by atoms with Crippen LogP contribution in [0.5, 0.6) is 0 Å². The van der Waals surface area contributed by atoms with Gasteiger partial charge in [0.1, 0.15) is 5.82 Å². The van der Waals surface area contributed by atoms with Crippen molar-refractivity contribution in [3.63, 3.8) is 0 Å². The molecule has 1 heterocycles. The van der Waals surface area contributed by atoms with Crippen LogP contribution in [0.25, 0.3) is 5.69 Å². The number of nitrogens with one attached hydrogen (secondary N) is 1. The molecule has 0 spiro atoms. The molecule has 1 aliphatic carbocycles. The van der Waals surface area contributed by atoms with Gasteiger partial charge in [0.05, 0.1) is 24.1 Å². The van der Waals surface area contributed by atoms with Gasteiger partial charge in [-0.05, 0) is 43.2 Å². The van der Waals surface area contributed by atoms with E-state index in [4.69, 9.17) is 4.74 Å². The van der Waals surface area contributed by atoms with Gasteiger partial charge in [-0.15, -0.1) is 5.10 Å². The maximum Gasteiger partial charge on any atom is 0.337 e. The Labute approximate surface area is 172 Å². The van der Waals surface area contributed by atoms with Gasteiger partial charge in [0.15, 0.2) is 0 Å². The molecule has 4 rings (SSSR count). The van der Waals surface area contributed by atoms with E-state index in [0.29, 0.717) is 22.3 Å². The quantitative estimate of drug-likeness (QED) is 0.474. The monoisotopic (exact) mass is 408 g/mol. The van der Waals surface area contributed by atoms with Crippen molar-refractivity contribution in [1.29, 1.82) is 0 Å². The Hall–Kier alpha value is -3.13. The summed E-state index contributed by atoms with van der Waals surface area (Å²) >= 11 is 1.29. The van der Waals surface area contributed by atoms with E-state index < -0.39 is 5.97 Å². The number of methoxy groups -OCH3 is 1. The number of amides is 1. The van der Waals surface area contributed by atoms with Gasteiger partial charge in [-0.25, -0.2) is 14.5 Å². The van der Waals surface area contributed by atoms with Crippen LogP contribution in [0.4, 0.5) is 5.69 Å². The summed E-state index contributed by atoms with van der Waals surface area (Å²) in [6.07, 6.45) is 2.24. The molecule has 2 aromatic carbocycles. The van der Waals surface area contributed by atoms with E-state index >= 15 is 0 Å². The summed E-state index contributed by atoms with van der Waals surface area (Å²) in [6, 6.07) is 16.5. The number of aromatic nitrogens is 3. The molecule has 8 heteroatoms. The maximum absolute atomic E-state index is 12.3. The predicted molar refractivity (Wildman–Crippen MR) is 110 cm³/mol. The third-order valence-corrected chi connectivity index (χ3v) is 5.29. The van der Waals surface area contributed by atoms with E-state index in [1.165, 1.54) is 18.9 Å². The van der Waals surface area contributed by atoms with E-state index in [1.807, 2.05) is 35.0 Å². The lowest BCUT2D eigenvalue weighted by atomic mass is 10.2. The Balaban J connectivity index is 1.42. The van der Waals surface area contributed by atoms with Crippen molar-refractivity contribution in [2.45, 2.75) is 23.9 Å². The van der Waals surface area contributed by atoms with Crippen molar-refractivity contribution in [1.82, 2.24) is 14.8 Å². The van der Waals surface area contributed by atoms with Gasteiger partial charge in [-0.2, -0.15) is 0 Å². The molecular formula is C21H20N4O3S. The Morgan fingerprint density at radius 3 is 2.69 bits per heavy atom. The second-order valence-corrected chi connectivity index (χ2v) is 7.63. The van der Waals surface area contributed by atoms with E-state index in [2.05, 4.69) is 15.4 Å². The lowest BCUT2D eigenvalue weighted by Gasteiger charge is -2.06. The molecule has 0 bridgehead atoms. The fraction of sp³-hybridized carbons (Fsp3) is 0.238. The van der Waals surface area contributed by atoms with Crippen molar-refractivity contribution in [3.8, 4) is 5.69 Å². The lowest BCUT2D eigenvalue weighted by molar-refractivity contribution is -0.113. The van der Waals surface area contributed by atoms with Crippen LogP contribution in [0.1, 0.15) is 34.9 Å². The standard InChI is InChI=1S/C21H20N4O3S/c1-28-20(27)15-6-5-7-16(12-15)22-18(26)13-29-21-23-19(14-10-11-14)25(24-21)17-8-3-2-4-9-17/h2-9,12,14H,10-11,13H2,1H3,(H,22,26). The summed E-state index contributed by atoms with van der Waals surface area (Å²) in [5.74, 6) is 0.919. The van der Waals surface area contributed by atoms with Crippen LogP contribution in [-0.2, 0) is 9.53 Å². The third kappa shape index (κ3) is 4.65. The molecule has 148 valence electrons. The summed E-state index contributed by atoms with van der Waals surface area (Å²) < 4.78 is 6.57. The van der Waals surface area contributed by atoms with E-state index in [1.54, 1.807) is 24.3 Å². The summed E-state index contributed by atoms with van der Waals surface area (Å²) in [6.45, 7) is 0. The van der Waals surface area contributed by atoms with Gasteiger partial charge in [0.2, 0.25) is 11.1 Å². The largest absolute Gasteiger partial charge is 0.465 e.